The minimum Gasteiger partial charge on any atom is -0.371 e. The van der Waals surface area contributed by atoms with Crippen LogP contribution in [0.4, 0.5) is 5.69 Å². The first-order valence-electron chi connectivity index (χ1n) is 6.77. The zero-order valence-corrected chi connectivity index (χ0v) is 11.3. The van der Waals surface area contributed by atoms with E-state index in [1.54, 1.807) is 6.92 Å². The summed E-state index contributed by atoms with van der Waals surface area (Å²) < 4.78 is 0. The van der Waals surface area contributed by atoms with E-state index in [4.69, 9.17) is 0 Å². The van der Waals surface area contributed by atoms with E-state index in [0.717, 1.165) is 37.7 Å². The van der Waals surface area contributed by atoms with Gasteiger partial charge in [-0.05, 0) is 56.6 Å². The maximum atomic E-state index is 11.2. The monoisotopic (exact) mass is 246 g/mol. The highest BCUT2D eigenvalue weighted by Gasteiger charge is 2.26. The molecule has 0 atom stereocenters. The Morgan fingerprint density at radius 3 is 2.56 bits per heavy atom. The molecule has 3 nitrogen and oxygen atoms in total. The van der Waals surface area contributed by atoms with E-state index in [1.807, 2.05) is 12.1 Å². The number of nitrogens with zero attached hydrogens (tertiary/aromatic N) is 1. The maximum absolute atomic E-state index is 11.2. The molecule has 0 amide bonds. The molecule has 98 valence electrons. The Morgan fingerprint density at radius 2 is 2.00 bits per heavy atom. The molecule has 1 heterocycles. The Kier molecular flexibility index (Phi) is 4.37. The first-order chi connectivity index (χ1) is 8.70. The fourth-order valence-corrected chi connectivity index (χ4v) is 2.35. The number of rotatable bonds is 6. The molecule has 0 spiro atoms. The quantitative estimate of drug-likeness (QED) is 0.617. The van der Waals surface area contributed by atoms with Crippen LogP contribution in [-0.2, 0) is 0 Å². The van der Waals surface area contributed by atoms with E-state index in [-0.39, 0.29) is 5.78 Å². The second kappa shape index (κ2) is 6.01. The molecule has 1 aliphatic rings. The Morgan fingerprint density at radius 1 is 1.33 bits per heavy atom. The number of hydrogen-bond donors (Lipinski definition) is 1. The number of carbonyl (C=O) groups excluding carboxylic acids is 1. The van der Waals surface area contributed by atoms with Crippen LogP contribution >= 0.6 is 0 Å². The highest BCUT2D eigenvalue weighted by Crippen LogP contribution is 2.26. The molecule has 0 bridgehead atoms. The smallest absolute Gasteiger partial charge is 0.159 e. The van der Waals surface area contributed by atoms with Crippen molar-refractivity contribution in [3.05, 3.63) is 29.8 Å². The third kappa shape index (κ3) is 3.10. The minimum atomic E-state index is 0.133. The Bertz CT molecular complexity index is 393. The van der Waals surface area contributed by atoms with Gasteiger partial charge in [0.2, 0.25) is 0 Å². The summed E-state index contributed by atoms with van der Waals surface area (Å²) in [7, 11) is 0. The van der Waals surface area contributed by atoms with Gasteiger partial charge >= 0.3 is 0 Å². The van der Waals surface area contributed by atoms with Gasteiger partial charge in [-0.25, -0.2) is 0 Å². The number of hydrogen-bond acceptors (Lipinski definition) is 3. The largest absolute Gasteiger partial charge is 0.371 e. The molecule has 0 aliphatic carbocycles. The predicted octanol–water partition coefficient (Wildman–Crippen LogP) is 2.33. The molecule has 0 radical (unpaired) electrons. The Hall–Kier alpha value is -1.35. The van der Waals surface area contributed by atoms with Crippen molar-refractivity contribution in [2.45, 2.75) is 20.3 Å². The zero-order chi connectivity index (χ0) is 13.0. The van der Waals surface area contributed by atoms with Crippen molar-refractivity contribution in [3.8, 4) is 0 Å². The van der Waals surface area contributed by atoms with Gasteiger partial charge in [0.15, 0.2) is 5.78 Å². The van der Waals surface area contributed by atoms with Crippen LogP contribution < -0.4 is 10.2 Å². The summed E-state index contributed by atoms with van der Waals surface area (Å²) in [4.78, 5) is 13.6. The van der Waals surface area contributed by atoms with Gasteiger partial charge in [0.25, 0.3) is 0 Å². The second-order valence-corrected chi connectivity index (χ2v) is 5.02. The van der Waals surface area contributed by atoms with Crippen molar-refractivity contribution in [2.24, 2.45) is 5.92 Å². The molecule has 3 heteroatoms. The Balaban J connectivity index is 1.79. The fourth-order valence-electron chi connectivity index (χ4n) is 2.35. The third-order valence-electron chi connectivity index (χ3n) is 3.58. The SMILES string of the molecule is CCNCCC1CN(c2ccc(C(C)=O)cc2)C1. The highest BCUT2D eigenvalue weighted by atomic mass is 16.1. The van der Waals surface area contributed by atoms with Crippen LogP contribution in [0.2, 0.25) is 0 Å². The third-order valence-corrected chi connectivity index (χ3v) is 3.58. The van der Waals surface area contributed by atoms with Crippen LogP contribution in [0.3, 0.4) is 0 Å². The summed E-state index contributed by atoms with van der Waals surface area (Å²) in [5.74, 6) is 0.949. The van der Waals surface area contributed by atoms with Crippen molar-refractivity contribution < 1.29 is 4.79 Å². The van der Waals surface area contributed by atoms with Gasteiger partial charge in [0, 0.05) is 24.3 Å². The molecule has 0 saturated carbocycles. The Labute approximate surface area is 109 Å². The van der Waals surface area contributed by atoms with Gasteiger partial charge in [0.05, 0.1) is 0 Å². The lowest BCUT2D eigenvalue weighted by atomic mass is 9.95. The molecule has 1 aliphatic heterocycles. The van der Waals surface area contributed by atoms with Gasteiger partial charge < -0.3 is 10.2 Å². The summed E-state index contributed by atoms with van der Waals surface area (Å²) in [6.45, 7) is 8.22. The normalized spacial score (nSPS) is 15.6. The van der Waals surface area contributed by atoms with E-state index in [0.29, 0.717) is 0 Å². The predicted molar refractivity (Wildman–Crippen MR) is 75.3 cm³/mol. The number of benzene rings is 1. The van der Waals surface area contributed by atoms with E-state index >= 15 is 0 Å². The topological polar surface area (TPSA) is 32.3 Å². The van der Waals surface area contributed by atoms with Crippen LogP contribution in [-0.4, -0.2) is 32.0 Å². The van der Waals surface area contributed by atoms with E-state index in [9.17, 15) is 4.79 Å². The average molecular weight is 246 g/mol. The van der Waals surface area contributed by atoms with Crippen molar-refractivity contribution in [2.75, 3.05) is 31.1 Å². The first-order valence-corrected chi connectivity index (χ1v) is 6.77. The molecule has 1 aromatic carbocycles. The van der Waals surface area contributed by atoms with Crippen molar-refractivity contribution >= 4 is 11.5 Å². The maximum Gasteiger partial charge on any atom is 0.159 e. The zero-order valence-electron chi connectivity index (χ0n) is 11.3. The van der Waals surface area contributed by atoms with Gasteiger partial charge in [-0.1, -0.05) is 6.92 Å². The number of carbonyl (C=O) groups is 1. The van der Waals surface area contributed by atoms with Gasteiger partial charge in [-0.3, -0.25) is 4.79 Å². The molecular formula is C15H22N2O. The molecular weight excluding hydrogens is 224 g/mol. The lowest BCUT2D eigenvalue weighted by Crippen LogP contribution is -2.47. The highest BCUT2D eigenvalue weighted by molar-refractivity contribution is 5.94. The molecule has 0 unspecified atom stereocenters. The molecule has 0 aromatic heterocycles. The van der Waals surface area contributed by atoms with Crippen LogP contribution in [0.15, 0.2) is 24.3 Å². The average Bonchev–Trinajstić information content (AvgIpc) is 2.32. The summed E-state index contributed by atoms with van der Waals surface area (Å²) in [6.07, 6.45) is 1.26. The first kappa shape index (κ1) is 13.1. The molecule has 18 heavy (non-hydrogen) atoms. The van der Waals surface area contributed by atoms with Crippen molar-refractivity contribution in [1.29, 1.82) is 0 Å². The van der Waals surface area contributed by atoms with Crippen LogP contribution in [0.5, 0.6) is 0 Å². The number of nitrogens with one attached hydrogen (secondary N) is 1. The summed E-state index contributed by atoms with van der Waals surface area (Å²) in [5, 5.41) is 3.37. The van der Waals surface area contributed by atoms with Crippen molar-refractivity contribution in [1.82, 2.24) is 5.32 Å². The van der Waals surface area contributed by atoms with E-state index < -0.39 is 0 Å². The number of ketones is 1. The lowest BCUT2D eigenvalue weighted by Gasteiger charge is -2.41. The summed E-state index contributed by atoms with van der Waals surface area (Å²) in [5.41, 5.74) is 2.03. The minimum absolute atomic E-state index is 0.133. The lowest BCUT2D eigenvalue weighted by molar-refractivity contribution is 0.101. The number of anilines is 1. The van der Waals surface area contributed by atoms with Gasteiger partial charge in [-0.15, -0.1) is 0 Å². The molecule has 1 saturated heterocycles. The molecule has 1 aromatic rings. The van der Waals surface area contributed by atoms with Crippen molar-refractivity contribution in [3.63, 3.8) is 0 Å². The summed E-state index contributed by atoms with van der Waals surface area (Å²) in [6, 6.07) is 7.95. The van der Waals surface area contributed by atoms with Crippen LogP contribution in [0, 0.1) is 5.92 Å². The van der Waals surface area contributed by atoms with Crippen LogP contribution in [0.1, 0.15) is 30.6 Å². The molecule has 1 fully saturated rings. The van der Waals surface area contributed by atoms with E-state index in [2.05, 4.69) is 29.3 Å². The fraction of sp³-hybridized carbons (Fsp3) is 0.533. The number of Topliss-reactive ketones (excluding diaryl/α,β-unsaturated/α-hetero) is 1. The summed E-state index contributed by atoms with van der Waals surface area (Å²) >= 11 is 0. The second-order valence-electron chi connectivity index (χ2n) is 5.02. The molecule has 1 N–H and O–H groups in total. The van der Waals surface area contributed by atoms with Crippen LogP contribution in [0.25, 0.3) is 0 Å². The van der Waals surface area contributed by atoms with E-state index in [1.165, 1.54) is 12.1 Å². The molecule has 2 rings (SSSR count). The van der Waals surface area contributed by atoms with Gasteiger partial charge in [-0.2, -0.15) is 0 Å². The van der Waals surface area contributed by atoms with Gasteiger partial charge in [0.1, 0.15) is 0 Å². The standard InChI is InChI=1S/C15H22N2O/c1-3-16-9-8-13-10-17(11-13)15-6-4-14(5-7-15)12(2)18/h4-7,13,16H,3,8-11H2,1-2H3.